The summed E-state index contributed by atoms with van der Waals surface area (Å²) >= 11 is 0. The van der Waals surface area contributed by atoms with Crippen LogP contribution in [0.25, 0.3) is 11.0 Å². The second-order valence-electron chi connectivity index (χ2n) is 12.1. The molecule has 4 atom stereocenters. The number of phenolic OH excluding ortho intramolecular Hbond substituents is 1. The van der Waals surface area contributed by atoms with Crippen LogP contribution in [0.4, 0.5) is 5.69 Å². The van der Waals surface area contributed by atoms with Crippen molar-refractivity contribution in [3.8, 4) is 17.2 Å². The van der Waals surface area contributed by atoms with E-state index < -0.39 is 59.1 Å². The van der Waals surface area contributed by atoms with Crippen LogP contribution in [0.1, 0.15) is 64.9 Å². The lowest BCUT2D eigenvalue weighted by molar-refractivity contribution is -0.305. The summed E-state index contributed by atoms with van der Waals surface area (Å²) in [6.07, 6.45) is -3.66. The molecular weight excluding hydrogens is 612 g/mol. The van der Waals surface area contributed by atoms with Gasteiger partial charge in [-0.3, -0.25) is 4.79 Å². The Bertz CT molecular complexity index is 1880. The highest BCUT2D eigenvalue weighted by atomic mass is 16.7. The van der Waals surface area contributed by atoms with Gasteiger partial charge in [0.2, 0.25) is 6.29 Å². The Morgan fingerprint density at radius 1 is 1.09 bits per heavy atom. The van der Waals surface area contributed by atoms with Crippen LogP contribution in [0.5, 0.6) is 17.2 Å². The van der Waals surface area contributed by atoms with Crippen molar-refractivity contribution in [2.75, 3.05) is 12.4 Å². The van der Waals surface area contributed by atoms with E-state index in [1.807, 2.05) is 6.92 Å². The molecule has 250 valence electrons. The third kappa shape index (κ3) is 6.68. The number of amides is 1. The number of aliphatic hydroxyl groups excluding tert-OH is 1. The van der Waals surface area contributed by atoms with Gasteiger partial charge in [0, 0.05) is 18.4 Å². The number of nitrogens with one attached hydrogen (secondary N) is 2. The molecule has 2 aromatic heterocycles. The quantitative estimate of drug-likeness (QED) is 0.127. The lowest BCUT2D eigenvalue weighted by atomic mass is 9.89. The molecule has 5 rings (SSSR count). The minimum atomic E-state index is -1.51. The largest absolute Gasteiger partial charge is 0.508 e. The molecule has 0 radical (unpaired) electrons. The molecule has 1 saturated heterocycles. The number of methoxy groups -OCH3 is 1. The number of aromatic hydroxyl groups is 2. The van der Waals surface area contributed by atoms with Crippen molar-refractivity contribution >= 4 is 28.5 Å². The van der Waals surface area contributed by atoms with Gasteiger partial charge < -0.3 is 49.0 Å². The molecule has 0 unspecified atom stereocenters. The SMILES string of the molecule is CCCc1cc(C(=O)Nc2c(O)c3cc(O[C@@H]4OC(C)(C)[C@@H](OC)[C@H](OC(=O)c5ccc(C)[nH]5)[C@H]4O)cc(C)c3oc2=O)ccc1O. The zero-order valence-electron chi connectivity index (χ0n) is 26.9. The zero-order chi connectivity index (χ0) is 34.2. The van der Waals surface area contributed by atoms with Crippen molar-refractivity contribution in [2.45, 2.75) is 77.7 Å². The number of aliphatic hydroxyl groups is 1. The van der Waals surface area contributed by atoms with Crippen molar-refractivity contribution in [3.05, 3.63) is 81.0 Å². The van der Waals surface area contributed by atoms with Gasteiger partial charge in [-0.2, -0.15) is 0 Å². The average Bonchev–Trinajstić information content (AvgIpc) is 3.45. The Kier molecular flexibility index (Phi) is 9.34. The molecule has 47 heavy (non-hydrogen) atoms. The van der Waals surface area contributed by atoms with E-state index in [0.717, 1.165) is 12.1 Å². The highest BCUT2D eigenvalue weighted by molar-refractivity contribution is 6.06. The van der Waals surface area contributed by atoms with Gasteiger partial charge in [0.1, 0.15) is 28.9 Å². The molecule has 2 aromatic carbocycles. The number of hydrogen-bond acceptors (Lipinski definition) is 11. The Labute approximate surface area is 270 Å². The van der Waals surface area contributed by atoms with Gasteiger partial charge in [0.25, 0.3) is 5.91 Å². The van der Waals surface area contributed by atoms with E-state index in [1.54, 1.807) is 39.8 Å². The van der Waals surface area contributed by atoms with E-state index in [-0.39, 0.29) is 33.7 Å². The lowest BCUT2D eigenvalue weighted by Gasteiger charge is -2.47. The first kappa shape index (κ1) is 33.5. The van der Waals surface area contributed by atoms with Crippen LogP contribution in [-0.2, 0) is 20.6 Å². The number of ether oxygens (including phenoxy) is 4. The molecule has 13 nitrogen and oxygen atoms in total. The van der Waals surface area contributed by atoms with Gasteiger partial charge in [0.15, 0.2) is 23.6 Å². The highest BCUT2D eigenvalue weighted by Gasteiger charge is 2.53. The van der Waals surface area contributed by atoms with Crippen LogP contribution >= 0.6 is 0 Å². The highest BCUT2D eigenvalue weighted by Crippen LogP contribution is 2.38. The summed E-state index contributed by atoms with van der Waals surface area (Å²) in [5.74, 6) is -1.81. The van der Waals surface area contributed by atoms with Crippen LogP contribution in [0.2, 0.25) is 0 Å². The van der Waals surface area contributed by atoms with Gasteiger partial charge in [-0.25, -0.2) is 9.59 Å². The molecule has 1 aliphatic rings. The van der Waals surface area contributed by atoms with Crippen LogP contribution in [-0.4, -0.2) is 69.5 Å². The second kappa shape index (κ2) is 13.1. The summed E-state index contributed by atoms with van der Waals surface area (Å²) in [5.41, 5.74) is -0.440. The number of phenols is 1. The first-order valence-electron chi connectivity index (χ1n) is 15.1. The molecule has 0 saturated carbocycles. The molecule has 1 aliphatic heterocycles. The normalized spacial score (nSPS) is 20.6. The van der Waals surface area contributed by atoms with Crippen LogP contribution in [0.15, 0.2) is 51.7 Å². The van der Waals surface area contributed by atoms with E-state index in [0.29, 0.717) is 17.5 Å². The van der Waals surface area contributed by atoms with Crippen LogP contribution in [0, 0.1) is 13.8 Å². The minimum Gasteiger partial charge on any atom is -0.508 e. The molecule has 4 aromatic rings. The number of hydrogen-bond donors (Lipinski definition) is 5. The minimum absolute atomic E-state index is 0.0386. The summed E-state index contributed by atoms with van der Waals surface area (Å²) < 4.78 is 28.9. The molecule has 1 amide bonds. The summed E-state index contributed by atoms with van der Waals surface area (Å²) in [6.45, 7) is 8.73. The van der Waals surface area contributed by atoms with Crippen LogP contribution < -0.4 is 15.7 Å². The van der Waals surface area contributed by atoms with Gasteiger partial charge in [0.05, 0.1) is 11.0 Å². The van der Waals surface area contributed by atoms with E-state index in [2.05, 4.69) is 10.3 Å². The third-order valence-corrected chi connectivity index (χ3v) is 8.06. The number of carbonyl (C=O) groups is 2. The van der Waals surface area contributed by atoms with E-state index in [9.17, 15) is 29.7 Å². The molecule has 0 aliphatic carbocycles. The maximum Gasteiger partial charge on any atom is 0.364 e. The number of aryl methyl sites for hydroxylation is 3. The maximum atomic E-state index is 13.1. The first-order valence-corrected chi connectivity index (χ1v) is 15.1. The number of aromatic nitrogens is 1. The Morgan fingerprint density at radius 2 is 1.83 bits per heavy atom. The molecule has 0 bridgehead atoms. The fourth-order valence-electron chi connectivity index (χ4n) is 5.74. The van der Waals surface area contributed by atoms with E-state index >= 15 is 0 Å². The van der Waals surface area contributed by atoms with Gasteiger partial charge in [-0.05, 0) is 87.7 Å². The Balaban J connectivity index is 1.44. The molecule has 5 N–H and O–H groups in total. The van der Waals surface area contributed by atoms with Crippen molar-refractivity contribution in [2.24, 2.45) is 0 Å². The number of carbonyl (C=O) groups excluding carboxylic acids is 2. The van der Waals surface area contributed by atoms with Crippen LogP contribution in [0.3, 0.4) is 0 Å². The van der Waals surface area contributed by atoms with Crippen molar-refractivity contribution in [1.82, 2.24) is 4.98 Å². The zero-order valence-corrected chi connectivity index (χ0v) is 26.9. The molecule has 0 spiro atoms. The second-order valence-corrected chi connectivity index (χ2v) is 12.1. The number of H-pyrrole nitrogens is 1. The topological polar surface area (TPSA) is 190 Å². The Morgan fingerprint density at radius 3 is 2.49 bits per heavy atom. The van der Waals surface area contributed by atoms with Gasteiger partial charge >= 0.3 is 11.6 Å². The summed E-state index contributed by atoms with van der Waals surface area (Å²) in [5, 5.41) is 35.1. The fourth-order valence-corrected chi connectivity index (χ4v) is 5.74. The van der Waals surface area contributed by atoms with E-state index in [4.69, 9.17) is 23.4 Å². The summed E-state index contributed by atoms with van der Waals surface area (Å²) in [7, 11) is 1.41. The number of anilines is 1. The average molecular weight is 651 g/mol. The fraction of sp³-hybridized carbons (Fsp3) is 0.382. The van der Waals surface area contributed by atoms with Gasteiger partial charge in [-0.1, -0.05) is 13.3 Å². The number of aromatic amines is 1. The number of benzene rings is 2. The van der Waals surface area contributed by atoms with Crippen molar-refractivity contribution in [3.63, 3.8) is 0 Å². The van der Waals surface area contributed by atoms with Gasteiger partial charge in [-0.15, -0.1) is 0 Å². The molecular formula is C34H38N2O11. The molecule has 3 heterocycles. The van der Waals surface area contributed by atoms with Crippen molar-refractivity contribution in [1.29, 1.82) is 0 Å². The molecule has 13 heteroatoms. The third-order valence-electron chi connectivity index (χ3n) is 8.06. The van der Waals surface area contributed by atoms with E-state index in [1.165, 1.54) is 37.4 Å². The monoisotopic (exact) mass is 650 g/mol. The predicted molar refractivity (Wildman–Crippen MR) is 170 cm³/mol. The lowest BCUT2D eigenvalue weighted by Crippen LogP contribution is -2.65. The Hall–Kier alpha value is -4.85. The predicted octanol–water partition coefficient (Wildman–Crippen LogP) is 4.47. The smallest absolute Gasteiger partial charge is 0.364 e. The first-order chi connectivity index (χ1) is 22.2. The maximum absolute atomic E-state index is 13.1. The summed E-state index contributed by atoms with van der Waals surface area (Å²) in [4.78, 5) is 41.8. The standard InChI is InChI=1S/C34H38N2O11/c1-7-8-18-14-19(10-12-23(18)37)30(40)36-24-25(38)21-15-20(13-16(2)27(21)45-32(24)42)44-33-26(39)28(29(43-6)34(4,5)47-33)46-31(41)22-11-9-17(3)35-22/h9-15,26,28-29,33,35,37-39H,7-8H2,1-6H3,(H,36,40)/t26-,28-,29+,33-/m1/s1. The summed E-state index contributed by atoms with van der Waals surface area (Å²) in [6, 6.07) is 10.5. The molecule has 1 fully saturated rings. The van der Waals surface area contributed by atoms with Crippen molar-refractivity contribution < 1.29 is 48.3 Å². The number of esters is 1. The number of fused-ring (bicyclic) bond motifs is 1. The number of rotatable bonds is 9.